The van der Waals surface area contributed by atoms with E-state index in [1.807, 2.05) is 26.0 Å². The Hall–Kier alpha value is -2.58. The fourth-order valence-corrected chi connectivity index (χ4v) is 3.51. The van der Waals surface area contributed by atoms with Gasteiger partial charge in [-0.15, -0.1) is 0 Å². The van der Waals surface area contributed by atoms with Gasteiger partial charge in [0, 0.05) is 29.0 Å². The number of benzene rings is 2. The molecule has 1 aliphatic rings. The fraction of sp³-hybridized carbons (Fsp3) is 0.278. The summed E-state index contributed by atoms with van der Waals surface area (Å²) in [5.74, 6) is 1.05. The number of fused-ring (bicyclic) bond motifs is 1. The van der Waals surface area contributed by atoms with Crippen LogP contribution >= 0.6 is 11.8 Å². The predicted molar refractivity (Wildman–Crippen MR) is 102 cm³/mol. The van der Waals surface area contributed by atoms with E-state index in [-0.39, 0.29) is 12.5 Å². The molecule has 3 rings (SSSR count). The van der Waals surface area contributed by atoms with Gasteiger partial charge in [-0.3, -0.25) is 10.1 Å². The van der Waals surface area contributed by atoms with Gasteiger partial charge in [0.25, 0.3) is 5.69 Å². The lowest BCUT2D eigenvalue weighted by atomic mass is 10.1. The monoisotopic (exact) mass is 373 g/mol. The maximum Gasteiger partial charge on any atom is 0.270 e. The Morgan fingerprint density at radius 2 is 2.00 bits per heavy atom. The lowest BCUT2D eigenvalue weighted by molar-refractivity contribution is -0.385. The van der Waals surface area contributed by atoms with Crippen LogP contribution in [0.4, 0.5) is 11.4 Å². The molecule has 0 spiro atoms. The second-order valence-corrected chi connectivity index (χ2v) is 7.04. The molecular weight excluding hydrogens is 354 g/mol. The van der Waals surface area contributed by atoms with Crippen LogP contribution in [0, 0.1) is 24.0 Å². The van der Waals surface area contributed by atoms with E-state index in [2.05, 4.69) is 11.1 Å². The van der Waals surface area contributed by atoms with Gasteiger partial charge in [0.05, 0.1) is 17.2 Å². The highest BCUT2D eigenvalue weighted by Crippen LogP contribution is 2.35. The average Bonchev–Trinajstić information content (AvgIpc) is 2.58. The van der Waals surface area contributed by atoms with Crippen LogP contribution < -0.4 is 10.5 Å². The minimum Gasteiger partial charge on any atom is -0.467 e. The highest BCUT2D eigenvalue weighted by Gasteiger charge is 2.21. The molecule has 0 saturated heterocycles. The van der Waals surface area contributed by atoms with Gasteiger partial charge in [-0.2, -0.15) is 0 Å². The Kier molecular flexibility index (Phi) is 5.43. The molecule has 0 unspecified atom stereocenters. The molecular formula is C18H19N3O4S. The smallest absolute Gasteiger partial charge is 0.270 e. The van der Waals surface area contributed by atoms with Crippen LogP contribution in [0.2, 0.25) is 0 Å². The lowest BCUT2D eigenvalue weighted by Crippen LogP contribution is -2.14. The summed E-state index contributed by atoms with van der Waals surface area (Å²) in [6.45, 7) is 4.43. The molecule has 0 radical (unpaired) electrons. The van der Waals surface area contributed by atoms with Gasteiger partial charge in [0.2, 0.25) is 0 Å². The van der Waals surface area contributed by atoms with Crippen molar-refractivity contribution in [3.63, 3.8) is 0 Å². The van der Waals surface area contributed by atoms with Gasteiger partial charge >= 0.3 is 0 Å². The predicted octanol–water partition coefficient (Wildman–Crippen LogP) is 3.96. The molecule has 1 aliphatic heterocycles. The number of nitrogens with zero attached hydrogens (tertiary/aromatic N) is 2. The molecule has 8 heteroatoms. The van der Waals surface area contributed by atoms with Crippen LogP contribution in [0.5, 0.6) is 5.75 Å². The number of nitro groups is 1. The number of aliphatic imine (C=N–C) groups is 1. The van der Waals surface area contributed by atoms with Crippen LogP contribution in [0.25, 0.3) is 0 Å². The van der Waals surface area contributed by atoms with Crippen LogP contribution in [0.3, 0.4) is 0 Å². The van der Waals surface area contributed by atoms with Gasteiger partial charge in [-0.05, 0) is 37.1 Å². The van der Waals surface area contributed by atoms with E-state index in [1.165, 1.54) is 23.9 Å². The first-order chi connectivity index (χ1) is 12.4. The largest absolute Gasteiger partial charge is 0.467 e. The van der Waals surface area contributed by atoms with Crippen molar-refractivity contribution in [1.29, 1.82) is 0 Å². The molecule has 0 bridgehead atoms. The molecule has 2 aromatic rings. The van der Waals surface area contributed by atoms with E-state index in [4.69, 9.17) is 15.2 Å². The number of non-ortho nitro benzene ring substituents is 1. The summed E-state index contributed by atoms with van der Waals surface area (Å²) in [5.41, 5.74) is 10.5. The molecule has 0 fully saturated rings. The third kappa shape index (κ3) is 4.33. The first-order valence-electron chi connectivity index (χ1n) is 7.98. The minimum absolute atomic E-state index is 0.0123. The molecule has 2 N–H and O–H groups in total. The Morgan fingerprint density at radius 3 is 2.69 bits per heavy atom. The van der Waals surface area contributed by atoms with Crippen molar-refractivity contribution >= 4 is 28.3 Å². The van der Waals surface area contributed by atoms with Gasteiger partial charge in [0.1, 0.15) is 5.75 Å². The number of hydrogen-bond donors (Lipinski definition) is 1. The number of thioether (sulfide) groups is 1. The maximum atomic E-state index is 11.2. The summed E-state index contributed by atoms with van der Waals surface area (Å²) in [6.07, 6.45) is 0. The zero-order chi connectivity index (χ0) is 18.7. The van der Waals surface area contributed by atoms with Crippen molar-refractivity contribution in [3.8, 4) is 5.75 Å². The average molecular weight is 373 g/mol. The molecule has 136 valence electrons. The second-order valence-electron chi connectivity index (χ2n) is 6.05. The number of ether oxygens (including phenoxy) is 2. The summed E-state index contributed by atoms with van der Waals surface area (Å²) in [7, 11) is 0. The van der Waals surface area contributed by atoms with Crippen molar-refractivity contribution in [1.82, 2.24) is 0 Å². The van der Waals surface area contributed by atoms with E-state index >= 15 is 0 Å². The standard InChI is InChI=1S/C18H19N3O4S/c1-11-3-12(2)5-15(4-11)20-18(19)26-9-14-7-16(21(22)23)6-13-8-24-10-25-17(13)14/h3-7H,8-10H2,1-2H3,(H2,19,20). The Balaban J connectivity index is 1.81. The number of amidine groups is 1. The van der Waals surface area contributed by atoms with E-state index in [9.17, 15) is 10.1 Å². The lowest BCUT2D eigenvalue weighted by Gasteiger charge is -2.20. The molecule has 0 aliphatic carbocycles. The fourth-order valence-electron chi connectivity index (χ4n) is 2.82. The molecule has 0 amide bonds. The summed E-state index contributed by atoms with van der Waals surface area (Å²) in [6, 6.07) is 8.97. The molecule has 1 heterocycles. The van der Waals surface area contributed by atoms with Crippen molar-refractivity contribution in [2.75, 3.05) is 6.79 Å². The molecule has 7 nitrogen and oxygen atoms in total. The number of rotatable bonds is 4. The Labute approximate surface area is 155 Å². The van der Waals surface area contributed by atoms with Crippen LogP contribution in [0.1, 0.15) is 22.3 Å². The minimum atomic E-state index is -0.421. The van der Waals surface area contributed by atoms with E-state index in [0.717, 1.165) is 16.8 Å². The molecule has 0 aromatic heterocycles. The zero-order valence-corrected chi connectivity index (χ0v) is 15.3. The van der Waals surface area contributed by atoms with Gasteiger partial charge in [0.15, 0.2) is 12.0 Å². The van der Waals surface area contributed by atoms with Crippen LogP contribution in [-0.2, 0) is 17.1 Å². The van der Waals surface area contributed by atoms with Gasteiger partial charge < -0.3 is 15.2 Å². The maximum absolute atomic E-state index is 11.2. The van der Waals surface area contributed by atoms with Crippen molar-refractivity contribution in [2.45, 2.75) is 26.2 Å². The molecule has 2 aromatic carbocycles. The van der Waals surface area contributed by atoms with Crippen LogP contribution in [0.15, 0.2) is 35.3 Å². The summed E-state index contributed by atoms with van der Waals surface area (Å²) in [5, 5.41) is 11.5. The normalized spacial score (nSPS) is 13.8. The number of nitrogens with two attached hydrogens (primary N) is 1. The molecule has 26 heavy (non-hydrogen) atoms. The number of aryl methyl sites for hydroxylation is 2. The van der Waals surface area contributed by atoms with E-state index < -0.39 is 4.92 Å². The number of hydrogen-bond acceptors (Lipinski definition) is 6. The summed E-state index contributed by atoms with van der Waals surface area (Å²) >= 11 is 1.31. The summed E-state index contributed by atoms with van der Waals surface area (Å²) < 4.78 is 10.7. The zero-order valence-electron chi connectivity index (χ0n) is 14.5. The van der Waals surface area contributed by atoms with Crippen molar-refractivity contribution in [2.24, 2.45) is 10.7 Å². The second kappa shape index (κ2) is 7.76. The van der Waals surface area contributed by atoms with Gasteiger partial charge in [-0.25, -0.2) is 4.99 Å². The number of nitro benzene ring substituents is 1. The molecule has 0 saturated carbocycles. The quantitative estimate of drug-likeness (QED) is 0.377. The summed E-state index contributed by atoms with van der Waals surface area (Å²) in [4.78, 5) is 15.2. The third-order valence-corrected chi connectivity index (χ3v) is 4.65. The molecule has 0 atom stereocenters. The highest BCUT2D eigenvalue weighted by atomic mass is 32.2. The highest BCUT2D eigenvalue weighted by molar-refractivity contribution is 8.13. The van der Waals surface area contributed by atoms with Crippen LogP contribution in [-0.4, -0.2) is 16.9 Å². The SMILES string of the molecule is Cc1cc(C)cc(N=C(N)SCc2cc([N+](=O)[O-])cc3c2OCOC3)c1. The van der Waals surface area contributed by atoms with Crippen molar-refractivity contribution in [3.05, 3.63) is 62.7 Å². The first-order valence-corrected chi connectivity index (χ1v) is 8.97. The Bertz CT molecular complexity index is 863. The van der Waals surface area contributed by atoms with Crippen molar-refractivity contribution < 1.29 is 14.4 Å². The van der Waals surface area contributed by atoms with E-state index in [0.29, 0.717) is 34.4 Å². The topological polar surface area (TPSA) is 100.0 Å². The van der Waals surface area contributed by atoms with E-state index in [1.54, 1.807) is 0 Å². The third-order valence-electron chi connectivity index (χ3n) is 3.80. The first kappa shape index (κ1) is 18.2. The Morgan fingerprint density at radius 1 is 1.27 bits per heavy atom. The van der Waals surface area contributed by atoms with Gasteiger partial charge in [-0.1, -0.05) is 17.8 Å².